The van der Waals surface area contributed by atoms with Gasteiger partial charge in [-0.15, -0.1) is 0 Å². The first-order valence-corrected chi connectivity index (χ1v) is 7.25. The Morgan fingerprint density at radius 3 is 2.57 bits per heavy atom. The molecule has 0 aliphatic carbocycles. The smallest absolute Gasteiger partial charge is 0.317 e. The summed E-state index contributed by atoms with van der Waals surface area (Å²) in [7, 11) is 1.78. The number of nitrogens with one attached hydrogen (secondary N) is 1. The van der Waals surface area contributed by atoms with Gasteiger partial charge in [-0.2, -0.15) is 0 Å². The lowest BCUT2D eigenvalue weighted by molar-refractivity contribution is 0.203. The molecule has 2 aromatic rings. The van der Waals surface area contributed by atoms with E-state index in [4.69, 9.17) is 11.6 Å². The van der Waals surface area contributed by atoms with Crippen LogP contribution in [-0.2, 0) is 6.54 Å². The fourth-order valence-electron chi connectivity index (χ4n) is 2.08. The molecule has 0 bridgehead atoms. The van der Waals surface area contributed by atoms with Crippen LogP contribution in [-0.4, -0.2) is 18.0 Å². The van der Waals surface area contributed by atoms with E-state index in [9.17, 15) is 4.79 Å². The van der Waals surface area contributed by atoms with Crippen LogP contribution in [0.1, 0.15) is 24.1 Å². The van der Waals surface area contributed by atoms with Crippen LogP contribution in [0.5, 0.6) is 0 Å². The number of benzene rings is 2. The van der Waals surface area contributed by atoms with Crippen LogP contribution >= 0.6 is 11.6 Å². The van der Waals surface area contributed by atoms with Gasteiger partial charge in [-0.05, 0) is 30.2 Å². The predicted octanol–water partition coefficient (Wildman–Crippen LogP) is 4.24. The van der Waals surface area contributed by atoms with E-state index in [1.165, 1.54) is 0 Å². The van der Waals surface area contributed by atoms with Crippen LogP contribution in [0.25, 0.3) is 0 Å². The van der Waals surface area contributed by atoms with Crippen molar-refractivity contribution in [3.63, 3.8) is 0 Å². The average Bonchev–Trinajstić information content (AvgIpc) is 2.48. The quantitative estimate of drug-likeness (QED) is 0.900. The molecule has 0 fully saturated rings. The zero-order valence-electron chi connectivity index (χ0n) is 12.2. The van der Waals surface area contributed by atoms with Crippen LogP contribution in [0.15, 0.2) is 54.6 Å². The second-order valence-electron chi connectivity index (χ2n) is 5.07. The van der Waals surface area contributed by atoms with Crippen molar-refractivity contribution in [3.05, 3.63) is 70.7 Å². The van der Waals surface area contributed by atoms with Crippen LogP contribution in [0.4, 0.5) is 4.79 Å². The lowest BCUT2D eigenvalue weighted by atomic mass is 10.1. The van der Waals surface area contributed by atoms with E-state index in [1.807, 2.05) is 61.5 Å². The van der Waals surface area contributed by atoms with E-state index in [0.717, 1.165) is 11.1 Å². The maximum absolute atomic E-state index is 12.2. The van der Waals surface area contributed by atoms with Crippen LogP contribution in [0.3, 0.4) is 0 Å². The molecule has 0 aliphatic heterocycles. The largest absolute Gasteiger partial charge is 0.331 e. The van der Waals surface area contributed by atoms with Crippen LogP contribution in [0, 0.1) is 0 Å². The summed E-state index contributed by atoms with van der Waals surface area (Å²) in [4.78, 5) is 13.9. The van der Waals surface area contributed by atoms with Crippen molar-refractivity contribution in [3.8, 4) is 0 Å². The molecule has 4 heteroatoms. The molecule has 1 atom stereocenters. The van der Waals surface area contributed by atoms with Gasteiger partial charge in [0.2, 0.25) is 0 Å². The molecule has 0 radical (unpaired) electrons. The van der Waals surface area contributed by atoms with E-state index in [-0.39, 0.29) is 12.1 Å². The molecule has 21 heavy (non-hydrogen) atoms. The summed E-state index contributed by atoms with van der Waals surface area (Å²) in [6, 6.07) is 17.2. The lowest BCUT2D eigenvalue weighted by Gasteiger charge is -2.22. The monoisotopic (exact) mass is 302 g/mol. The minimum atomic E-state index is -0.105. The minimum Gasteiger partial charge on any atom is -0.331 e. The maximum Gasteiger partial charge on any atom is 0.317 e. The highest BCUT2D eigenvalue weighted by Crippen LogP contribution is 2.17. The van der Waals surface area contributed by atoms with Gasteiger partial charge < -0.3 is 10.2 Å². The van der Waals surface area contributed by atoms with E-state index in [2.05, 4.69) is 5.32 Å². The molecule has 1 unspecified atom stereocenters. The first-order chi connectivity index (χ1) is 10.1. The lowest BCUT2D eigenvalue weighted by Crippen LogP contribution is -2.38. The van der Waals surface area contributed by atoms with Gasteiger partial charge in [0.1, 0.15) is 0 Å². The molecule has 0 aliphatic rings. The van der Waals surface area contributed by atoms with Gasteiger partial charge in [-0.3, -0.25) is 0 Å². The molecule has 1 N–H and O–H groups in total. The summed E-state index contributed by atoms with van der Waals surface area (Å²) >= 11 is 5.97. The maximum atomic E-state index is 12.2. The Balaban J connectivity index is 1.94. The predicted molar refractivity (Wildman–Crippen MR) is 86.3 cm³/mol. The number of nitrogens with zero attached hydrogens (tertiary/aromatic N) is 1. The van der Waals surface area contributed by atoms with E-state index in [1.54, 1.807) is 11.9 Å². The molecular formula is C17H19ClN2O. The van der Waals surface area contributed by atoms with Crippen molar-refractivity contribution < 1.29 is 4.79 Å². The average molecular weight is 303 g/mol. The highest BCUT2D eigenvalue weighted by atomic mass is 35.5. The third kappa shape index (κ3) is 4.50. The zero-order chi connectivity index (χ0) is 15.2. The first-order valence-electron chi connectivity index (χ1n) is 6.87. The highest BCUT2D eigenvalue weighted by Gasteiger charge is 2.13. The third-order valence-corrected chi connectivity index (χ3v) is 3.53. The molecule has 2 aromatic carbocycles. The third-order valence-electron chi connectivity index (χ3n) is 3.30. The number of amides is 2. The van der Waals surface area contributed by atoms with Crippen molar-refractivity contribution >= 4 is 17.6 Å². The Morgan fingerprint density at radius 2 is 1.90 bits per heavy atom. The Bertz CT molecular complexity index is 601. The molecule has 3 nitrogen and oxygen atoms in total. The molecule has 2 amide bonds. The standard InChI is InChI=1S/C17H19ClN2O/c1-13(15-9-6-10-16(18)11-15)19-17(21)20(2)12-14-7-4-3-5-8-14/h3-11,13H,12H2,1-2H3,(H,19,21). The molecule has 0 saturated heterocycles. The van der Waals surface area contributed by atoms with Crippen molar-refractivity contribution in [1.82, 2.24) is 10.2 Å². The van der Waals surface area contributed by atoms with Gasteiger partial charge in [-0.25, -0.2) is 4.79 Å². The number of hydrogen-bond donors (Lipinski definition) is 1. The molecule has 2 rings (SSSR count). The first kappa shape index (κ1) is 15.4. The number of hydrogen-bond acceptors (Lipinski definition) is 1. The van der Waals surface area contributed by atoms with Crippen molar-refractivity contribution in [2.75, 3.05) is 7.05 Å². The van der Waals surface area contributed by atoms with Gasteiger partial charge in [0.15, 0.2) is 0 Å². The molecule has 0 spiro atoms. The molecule has 0 saturated carbocycles. The minimum absolute atomic E-state index is 0.0885. The Kier molecular flexibility index (Phi) is 5.23. The van der Waals surface area contributed by atoms with Gasteiger partial charge in [0.05, 0.1) is 6.04 Å². The summed E-state index contributed by atoms with van der Waals surface area (Å²) in [5.74, 6) is 0. The van der Waals surface area contributed by atoms with Gasteiger partial charge >= 0.3 is 6.03 Å². The molecule has 0 heterocycles. The Labute approximate surface area is 130 Å². The fraction of sp³-hybridized carbons (Fsp3) is 0.235. The zero-order valence-corrected chi connectivity index (χ0v) is 13.0. The number of carbonyl (C=O) groups is 1. The van der Waals surface area contributed by atoms with Crippen molar-refractivity contribution in [2.45, 2.75) is 19.5 Å². The summed E-state index contributed by atoms with van der Waals surface area (Å²) in [5, 5.41) is 3.64. The fourth-order valence-corrected chi connectivity index (χ4v) is 2.28. The molecular weight excluding hydrogens is 284 g/mol. The van der Waals surface area contributed by atoms with Crippen molar-refractivity contribution in [1.29, 1.82) is 0 Å². The topological polar surface area (TPSA) is 32.3 Å². The normalized spacial score (nSPS) is 11.8. The Morgan fingerprint density at radius 1 is 1.19 bits per heavy atom. The summed E-state index contributed by atoms with van der Waals surface area (Å²) in [5.41, 5.74) is 2.09. The van der Waals surface area contributed by atoms with Gasteiger partial charge in [0, 0.05) is 18.6 Å². The van der Waals surface area contributed by atoms with E-state index < -0.39 is 0 Å². The molecule has 0 aromatic heterocycles. The summed E-state index contributed by atoms with van der Waals surface area (Å²) in [6.45, 7) is 2.52. The number of halogens is 1. The van der Waals surface area contributed by atoms with Crippen LogP contribution in [0.2, 0.25) is 5.02 Å². The van der Waals surface area contributed by atoms with Gasteiger partial charge in [0.25, 0.3) is 0 Å². The summed E-state index contributed by atoms with van der Waals surface area (Å²) in [6.07, 6.45) is 0. The highest BCUT2D eigenvalue weighted by molar-refractivity contribution is 6.30. The number of urea groups is 1. The second-order valence-corrected chi connectivity index (χ2v) is 5.50. The van der Waals surface area contributed by atoms with E-state index >= 15 is 0 Å². The number of carbonyl (C=O) groups excluding carboxylic acids is 1. The van der Waals surface area contributed by atoms with Crippen LogP contribution < -0.4 is 5.32 Å². The van der Waals surface area contributed by atoms with Crippen molar-refractivity contribution in [2.24, 2.45) is 0 Å². The second kappa shape index (κ2) is 7.14. The van der Waals surface area contributed by atoms with Gasteiger partial charge in [-0.1, -0.05) is 54.1 Å². The summed E-state index contributed by atoms with van der Waals surface area (Å²) < 4.78 is 0. The SMILES string of the molecule is CC(NC(=O)N(C)Cc1ccccc1)c1cccc(Cl)c1. The number of rotatable bonds is 4. The molecule has 110 valence electrons. The Hall–Kier alpha value is -2.00. The van der Waals surface area contributed by atoms with E-state index in [0.29, 0.717) is 11.6 Å².